The quantitative estimate of drug-likeness (QED) is 0.548. The number of benzene rings is 1. The highest BCUT2D eigenvalue weighted by atomic mass is 16.5. The zero-order valence-corrected chi connectivity index (χ0v) is 11.5. The Labute approximate surface area is 118 Å². The van der Waals surface area contributed by atoms with Gasteiger partial charge < -0.3 is 20.3 Å². The molecule has 0 aromatic heterocycles. The summed E-state index contributed by atoms with van der Waals surface area (Å²) in [6.45, 7) is 4.77. The molecule has 1 aromatic carbocycles. The molecule has 1 heterocycles. The Bertz CT molecular complexity index is 478. The third-order valence-electron chi connectivity index (χ3n) is 3.34. The molecule has 0 saturated carbocycles. The number of piperazine rings is 1. The van der Waals surface area contributed by atoms with Crippen LogP contribution in [0.15, 0.2) is 18.2 Å². The van der Waals surface area contributed by atoms with Crippen LogP contribution in [-0.2, 0) is 16.1 Å². The van der Waals surface area contributed by atoms with Gasteiger partial charge in [-0.05, 0) is 24.6 Å². The second kappa shape index (κ2) is 6.58. The minimum absolute atomic E-state index is 0.143. The van der Waals surface area contributed by atoms with Crippen LogP contribution in [0.3, 0.4) is 0 Å². The molecule has 0 aliphatic carbocycles. The van der Waals surface area contributed by atoms with Gasteiger partial charge in [-0.15, -0.1) is 0 Å². The first kappa shape index (κ1) is 14.6. The molecule has 6 heteroatoms. The van der Waals surface area contributed by atoms with E-state index in [-0.39, 0.29) is 23.5 Å². The van der Waals surface area contributed by atoms with Crippen LogP contribution >= 0.6 is 0 Å². The maximum atomic E-state index is 11.9. The molecule has 0 radical (unpaired) electrons. The number of hydrogen-bond donors (Lipinski definition) is 3. The predicted molar refractivity (Wildman–Crippen MR) is 73.5 cm³/mol. The first-order chi connectivity index (χ1) is 9.61. The number of esters is 1. The van der Waals surface area contributed by atoms with E-state index in [2.05, 4.69) is 5.32 Å². The third kappa shape index (κ3) is 3.40. The molecule has 3 N–H and O–H groups in total. The van der Waals surface area contributed by atoms with Gasteiger partial charge in [-0.25, -0.2) is 0 Å². The number of nitrogens with zero attached hydrogens (tertiary/aromatic N) is 1. The van der Waals surface area contributed by atoms with Crippen molar-refractivity contribution < 1.29 is 19.7 Å². The second-order valence-corrected chi connectivity index (χ2v) is 4.77. The van der Waals surface area contributed by atoms with E-state index < -0.39 is 0 Å². The molecule has 1 fully saturated rings. The van der Waals surface area contributed by atoms with E-state index in [4.69, 9.17) is 4.74 Å². The van der Waals surface area contributed by atoms with Gasteiger partial charge in [0.25, 0.3) is 0 Å². The van der Waals surface area contributed by atoms with Crippen LogP contribution in [0.2, 0.25) is 0 Å². The molecule has 1 atom stereocenters. The molecule has 6 nitrogen and oxygen atoms in total. The van der Waals surface area contributed by atoms with Crippen molar-refractivity contribution in [2.75, 3.05) is 26.2 Å². The number of aromatic hydroxyl groups is 2. The topological polar surface area (TPSA) is 82.0 Å². The molecule has 0 amide bonds. The van der Waals surface area contributed by atoms with Gasteiger partial charge in [-0.1, -0.05) is 6.07 Å². The fourth-order valence-corrected chi connectivity index (χ4v) is 2.31. The summed E-state index contributed by atoms with van der Waals surface area (Å²) in [4.78, 5) is 13.9. The van der Waals surface area contributed by atoms with Gasteiger partial charge >= 0.3 is 5.97 Å². The summed E-state index contributed by atoms with van der Waals surface area (Å²) in [6, 6.07) is 4.38. The van der Waals surface area contributed by atoms with Crippen molar-refractivity contribution >= 4 is 5.97 Å². The smallest absolute Gasteiger partial charge is 0.324 e. The maximum absolute atomic E-state index is 11.9. The molecule has 1 unspecified atom stereocenters. The molecule has 1 aliphatic heterocycles. The number of rotatable bonds is 4. The normalized spacial score (nSPS) is 19.8. The highest BCUT2D eigenvalue weighted by Gasteiger charge is 2.29. The van der Waals surface area contributed by atoms with Crippen molar-refractivity contribution in [3.8, 4) is 11.5 Å². The molecule has 1 aliphatic rings. The standard InChI is InChI=1S/C14H20N2O4/c1-2-20-14(19)11-8-15-5-6-16(11)9-10-3-4-12(17)13(18)7-10/h3-4,7,11,15,17-18H,2,5-6,8-9H2,1H3. The fourth-order valence-electron chi connectivity index (χ4n) is 2.31. The second-order valence-electron chi connectivity index (χ2n) is 4.77. The lowest BCUT2D eigenvalue weighted by Gasteiger charge is -2.34. The average molecular weight is 280 g/mol. The number of carbonyl (C=O) groups excluding carboxylic acids is 1. The lowest BCUT2D eigenvalue weighted by molar-refractivity contribution is -0.150. The number of hydrogen-bond acceptors (Lipinski definition) is 6. The molecule has 1 aromatic rings. The van der Waals surface area contributed by atoms with Crippen LogP contribution in [0.4, 0.5) is 0 Å². The number of nitrogens with one attached hydrogen (secondary N) is 1. The summed E-state index contributed by atoms with van der Waals surface area (Å²) in [5.41, 5.74) is 0.844. The highest BCUT2D eigenvalue weighted by Crippen LogP contribution is 2.26. The van der Waals surface area contributed by atoms with Crippen LogP contribution in [-0.4, -0.2) is 53.4 Å². The molecule has 20 heavy (non-hydrogen) atoms. The van der Waals surface area contributed by atoms with Crippen molar-refractivity contribution in [1.82, 2.24) is 10.2 Å². The number of phenols is 2. The Kier molecular flexibility index (Phi) is 4.81. The van der Waals surface area contributed by atoms with Crippen LogP contribution in [0.1, 0.15) is 12.5 Å². The largest absolute Gasteiger partial charge is 0.504 e. The Morgan fingerprint density at radius 3 is 2.95 bits per heavy atom. The maximum Gasteiger partial charge on any atom is 0.324 e. The minimum atomic E-state index is -0.320. The summed E-state index contributed by atoms with van der Waals surface area (Å²) in [7, 11) is 0. The van der Waals surface area contributed by atoms with Crippen LogP contribution in [0.5, 0.6) is 11.5 Å². The van der Waals surface area contributed by atoms with Gasteiger partial charge in [0, 0.05) is 26.2 Å². The zero-order valence-electron chi connectivity index (χ0n) is 11.5. The van der Waals surface area contributed by atoms with E-state index in [1.54, 1.807) is 13.0 Å². The Morgan fingerprint density at radius 2 is 2.25 bits per heavy atom. The summed E-state index contributed by atoms with van der Waals surface area (Å²) in [5, 5.41) is 22.0. The predicted octanol–water partition coefficient (Wildman–Crippen LogP) is 0.435. The fraction of sp³-hybridized carbons (Fsp3) is 0.500. The average Bonchev–Trinajstić information content (AvgIpc) is 2.44. The molecule has 0 bridgehead atoms. The van der Waals surface area contributed by atoms with Crippen molar-refractivity contribution in [2.45, 2.75) is 19.5 Å². The summed E-state index contributed by atoms with van der Waals surface area (Å²) in [5.74, 6) is -0.524. The van der Waals surface area contributed by atoms with E-state index >= 15 is 0 Å². The molecule has 1 saturated heterocycles. The van der Waals surface area contributed by atoms with Crippen molar-refractivity contribution in [2.24, 2.45) is 0 Å². The lowest BCUT2D eigenvalue weighted by atomic mass is 10.1. The van der Waals surface area contributed by atoms with Crippen LogP contribution in [0, 0.1) is 0 Å². The molecular weight excluding hydrogens is 260 g/mol. The zero-order chi connectivity index (χ0) is 14.5. The van der Waals surface area contributed by atoms with Crippen molar-refractivity contribution in [3.05, 3.63) is 23.8 Å². The van der Waals surface area contributed by atoms with Gasteiger partial charge in [0.05, 0.1) is 6.61 Å². The van der Waals surface area contributed by atoms with Crippen molar-refractivity contribution in [1.29, 1.82) is 0 Å². The molecule has 2 rings (SSSR count). The van der Waals surface area contributed by atoms with Crippen LogP contribution < -0.4 is 5.32 Å². The third-order valence-corrected chi connectivity index (χ3v) is 3.34. The molecule has 110 valence electrons. The summed E-state index contributed by atoms with van der Waals surface area (Å²) in [6.07, 6.45) is 0. The monoisotopic (exact) mass is 280 g/mol. The summed E-state index contributed by atoms with van der Waals surface area (Å²) < 4.78 is 5.08. The van der Waals surface area contributed by atoms with Crippen molar-refractivity contribution in [3.63, 3.8) is 0 Å². The van der Waals surface area contributed by atoms with E-state index in [0.717, 1.165) is 18.7 Å². The minimum Gasteiger partial charge on any atom is -0.504 e. The Balaban J connectivity index is 2.08. The molecular formula is C14H20N2O4. The van der Waals surface area contributed by atoms with E-state index in [1.807, 2.05) is 4.90 Å². The number of ether oxygens (including phenoxy) is 1. The van der Waals surface area contributed by atoms with Gasteiger partial charge in [-0.2, -0.15) is 0 Å². The Hall–Kier alpha value is -1.79. The first-order valence-electron chi connectivity index (χ1n) is 6.74. The Morgan fingerprint density at radius 1 is 1.45 bits per heavy atom. The lowest BCUT2D eigenvalue weighted by Crippen LogP contribution is -2.54. The van der Waals surface area contributed by atoms with E-state index in [0.29, 0.717) is 19.7 Å². The number of carbonyl (C=O) groups is 1. The summed E-state index contributed by atoms with van der Waals surface area (Å²) >= 11 is 0. The van der Waals surface area contributed by atoms with Gasteiger partial charge in [-0.3, -0.25) is 9.69 Å². The van der Waals surface area contributed by atoms with Gasteiger partial charge in [0.1, 0.15) is 6.04 Å². The van der Waals surface area contributed by atoms with Gasteiger partial charge in [0.2, 0.25) is 0 Å². The van der Waals surface area contributed by atoms with E-state index in [1.165, 1.54) is 12.1 Å². The van der Waals surface area contributed by atoms with E-state index in [9.17, 15) is 15.0 Å². The first-order valence-corrected chi connectivity index (χ1v) is 6.74. The highest BCUT2D eigenvalue weighted by molar-refractivity contribution is 5.76. The molecule has 0 spiro atoms. The SMILES string of the molecule is CCOC(=O)C1CNCCN1Cc1ccc(O)c(O)c1. The number of phenolic OH excluding ortho intramolecular Hbond substituents is 2. The van der Waals surface area contributed by atoms with Gasteiger partial charge in [0.15, 0.2) is 11.5 Å². The van der Waals surface area contributed by atoms with Crippen LogP contribution in [0.25, 0.3) is 0 Å².